The molecule has 0 fully saturated rings. The van der Waals surface area contributed by atoms with Crippen molar-refractivity contribution in [1.29, 1.82) is 0 Å². The van der Waals surface area contributed by atoms with Crippen LogP contribution in [-0.2, 0) is 10.1 Å². The van der Waals surface area contributed by atoms with E-state index in [1.807, 2.05) is 0 Å². The summed E-state index contributed by atoms with van der Waals surface area (Å²) in [5.74, 6) is -0.821. The van der Waals surface area contributed by atoms with Crippen LogP contribution < -0.4 is 11.5 Å². The second-order valence-electron chi connectivity index (χ2n) is 2.13. The molecule has 0 aliphatic heterocycles. The molecule has 0 amide bonds. The third-order valence-electron chi connectivity index (χ3n) is 1.10. The lowest BCUT2D eigenvalue weighted by Gasteiger charge is -1.98. The molecule has 10 heteroatoms. The van der Waals surface area contributed by atoms with Gasteiger partial charge < -0.3 is 11.5 Å². The second kappa shape index (κ2) is 3.51. The van der Waals surface area contributed by atoms with E-state index >= 15 is 0 Å². The van der Waals surface area contributed by atoms with E-state index in [-0.39, 0.29) is 0 Å². The molecule has 0 radical (unpaired) electrons. The van der Waals surface area contributed by atoms with Gasteiger partial charge in [0, 0.05) is 0 Å². The fourth-order valence-corrected chi connectivity index (χ4v) is 1.13. The Bertz CT molecular complexity index is 464. The molecule has 1 aromatic rings. The summed E-state index contributed by atoms with van der Waals surface area (Å²) >= 11 is 0. The van der Waals surface area contributed by atoms with E-state index in [4.69, 9.17) is 16.0 Å². The van der Waals surface area contributed by atoms with Gasteiger partial charge in [-0.2, -0.15) is 13.4 Å². The van der Waals surface area contributed by atoms with Gasteiger partial charge in [-0.15, -0.1) is 10.2 Å². The van der Waals surface area contributed by atoms with E-state index < -0.39 is 26.8 Å². The van der Waals surface area contributed by atoms with Crippen molar-refractivity contribution in [3.05, 3.63) is 6.20 Å². The summed E-state index contributed by atoms with van der Waals surface area (Å²) in [5.41, 5.74) is 10.00. The molecular formula is C4H6N6O3S. The monoisotopic (exact) mass is 218 g/mol. The maximum absolute atomic E-state index is 10.7. The maximum Gasteiger partial charge on any atom is 0.300 e. The first-order valence-corrected chi connectivity index (χ1v) is 4.61. The molecular weight excluding hydrogens is 212 g/mol. The molecule has 0 spiro atoms. The van der Waals surface area contributed by atoms with Crippen LogP contribution in [0.5, 0.6) is 0 Å². The number of aliphatic imine (C=N–C) groups is 1. The van der Waals surface area contributed by atoms with Crippen LogP contribution >= 0.6 is 0 Å². The number of guanidine groups is 1. The standard InChI is InChI=1S/C4H6N6O3S/c5-4(6)8-3-2(14(11,12)13)1-7-10-9-3/h1H,(H,11,12,13)(H4,5,6,7,8,9). The lowest BCUT2D eigenvalue weighted by Crippen LogP contribution is -2.22. The Balaban J connectivity index is 3.39. The average molecular weight is 218 g/mol. The first-order chi connectivity index (χ1) is 6.41. The lowest BCUT2D eigenvalue weighted by molar-refractivity contribution is 0.482. The SMILES string of the molecule is NC(N)=Nc1nnncc1S(=O)(=O)O. The van der Waals surface area contributed by atoms with E-state index in [0.29, 0.717) is 0 Å². The fraction of sp³-hybridized carbons (Fsp3) is 0. The quantitative estimate of drug-likeness (QED) is 0.292. The highest BCUT2D eigenvalue weighted by Gasteiger charge is 2.17. The zero-order chi connectivity index (χ0) is 10.8. The van der Waals surface area contributed by atoms with Crippen LogP contribution in [0.25, 0.3) is 0 Å². The summed E-state index contributed by atoms with van der Waals surface area (Å²) < 4.78 is 30.2. The zero-order valence-electron chi connectivity index (χ0n) is 6.69. The topological polar surface area (TPSA) is 157 Å². The highest BCUT2D eigenvalue weighted by molar-refractivity contribution is 7.86. The van der Waals surface area contributed by atoms with E-state index in [1.54, 1.807) is 0 Å². The first-order valence-electron chi connectivity index (χ1n) is 3.17. The van der Waals surface area contributed by atoms with Gasteiger partial charge in [-0.3, -0.25) is 4.55 Å². The minimum Gasteiger partial charge on any atom is -0.370 e. The second-order valence-corrected chi connectivity index (χ2v) is 3.52. The van der Waals surface area contributed by atoms with Crippen LogP contribution in [0.3, 0.4) is 0 Å². The largest absolute Gasteiger partial charge is 0.370 e. The number of rotatable bonds is 2. The van der Waals surface area contributed by atoms with Gasteiger partial charge >= 0.3 is 0 Å². The van der Waals surface area contributed by atoms with E-state index in [0.717, 1.165) is 6.20 Å². The highest BCUT2D eigenvalue weighted by atomic mass is 32.2. The summed E-state index contributed by atoms with van der Waals surface area (Å²) in [7, 11) is -4.46. The van der Waals surface area contributed by atoms with Crippen molar-refractivity contribution in [2.45, 2.75) is 4.90 Å². The summed E-state index contributed by atoms with van der Waals surface area (Å²) in [6.45, 7) is 0. The fourth-order valence-electron chi connectivity index (χ4n) is 0.635. The molecule has 0 unspecified atom stereocenters. The number of nitrogens with zero attached hydrogens (tertiary/aromatic N) is 4. The van der Waals surface area contributed by atoms with Crippen molar-refractivity contribution in [3.8, 4) is 0 Å². The number of aromatic nitrogens is 3. The summed E-state index contributed by atoms with van der Waals surface area (Å²) in [6, 6.07) is 0. The Labute approximate surface area is 78.6 Å². The molecule has 0 aromatic carbocycles. The molecule has 0 saturated carbocycles. The predicted molar refractivity (Wildman–Crippen MR) is 45.1 cm³/mol. The van der Waals surface area contributed by atoms with Crippen LogP contribution in [0, 0.1) is 0 Å². The molecule has 76 valence electrons. The van der Waals surface area contributed by atoms with Crippen molar-refractivity contribution in [2.24, 2.45) is 16.5 Å². The van der Waals surface area contributed by atoms with Crippen molar-refractivity contribution < 1.29 is 13.0 Å². The molecule has 0 atom stereocenters. The van der Waals surface area contributed by atoms with E-state index in [2.05, 4.69) is 20.4 Å². The number of nitrogens with two attached hydrogens (primary N) is 2. The molecule has 0 saturated heterocycles. The first kappa shape index (κ1) is 10.3. The van der Waals surface area contributed by atoms with Gasteiger partial charge in [0.2, 0.25) is 5.82 Å². The Morgan fingerprint density at radius 1 is 1.50 bits per heavy atom. The molecule has 1 aromatic heterocycles. The number of hydrogen-bond donors (Lipinski definition) is 3. The van der Waals surface area contributed by atoms with Crippen molar-refractivity contribution in [1.82, 2.24) is 15.4 Å². The molecule has 1 rings (SSSR count). The van der Waals surface area contributed by atoms with Crippen molar-refractivity contribution >= 4 is 21.9 Å². The van der Waals surface area contributed by atoms with Gasteiger partial charge in [-0.05, 0) is 5.21 Å². The third-order valence-corrected chi connectivity index (χ3v) is 1.94. The van der Waals surface area contributed by atoms with Crippen LogP contribution in [0.15, 0.2) is 16.1 Å². The van der Waals surface area contributed by atoms with Gasteiger partial charge in [0.25, 0.3) is 10.1 Å². The Morgan fingerprint density at radius 3 is 2.64 bits per heavy atom. The smallest absolute Gasteiger partial charge is 0.300 e. The average Bonchev–Trinajstić information content (AvgIpc) is 2.01. The van der Waals surface area contributed by atoms with Crippen LogP contribution in [0.4, 0.5) is 5.82 Å². The van der Waals surface area contributed by atoms with Crippen molar-refractivity contribution in [2.75, 3.05) is 0 Å². The normalized spacial score (nSPS) is 10.9. The molecule has 0 bridgehead atoms. The zero-order valence-corrected chi connectivity index (χ0v) is 7.51. The third kappa shape index (κ3) is 2.34. The van der Waals surface area contributed by atoms with Crippen molar-refractivity contribution in [3.63, 3.8) is 0 Å². The van der Waals surface area contributed by atoms with Gasteiger partial charge in [0.1, 0.15) is 0 Å². The predicted octanol–water partition coefficient (Wildman–Crippen LogP) is -1.98. The van der Waals surface area contributed by atoms with Gasteiger partial charge in [-0.1, -0.05) is 0 Å². The molecule has 14 heavy (non-hydrogen) atoms. The van der Waals surface area contributed by atoms with Crippen LogP contribution in [0.1, 0.15) is 0 Å². The minimum atomic E-state index is -4.46. The van der Waals surface area contributed by atoms with Gasteiger partial charge in [0.15, 0.2) is 10.9 Å². The van der Waals surface area contributed by atoms with Crippen LogP contribution in [-0.4, -0.2) is 34.3 Å². The Kier molecular flexibility index (Phi) is 2.58. The molecule has 5 N–H and O–H groups in total. The molecule has 0 aliphatic rings. The summed E-state index contributed by atoms with van der Waals surface area (Å²) in [4.78, 5) is 2.74. The highest BCUT2D eigenvalue weighted by Crippen LogP contribution is 2.17. The maximum atomic E-state index is 10.7. The van der Waals surface area contributed by atoms with E-state index in [1.165, 1.54) is 0 Å². The molecule has 1 heterocycles. The molecule has 9 nitrogen and oxygen atoms in total. The Morgan fingerprint density at radius 2 is 2.14 bits per heavy atom. The summed E-state index contributed by atoms with van der Waals surface area (Å²) in [6.07, 6.45) is 0.782. The van der Waals surface area contributed by atoms with Gasteiger partial charge in [-0.25, -0.2) is 0 Å². The van der Waals surface area contributed by atoms with E-state index in [9.17, 15) is 8.42 Å². The summed E-state index contributed by atoms with van der Waals surface area (Å²) in [5, 5.41) is 9.52. The lowest BCUT2D eigenvalue weighted by atomic mass is 10.6. The molecule has 0 aliphatic carbocycles. The van der Waals surface area contributed by atoms with Crippen LogP contribution in [0.2, 0.25) is 0 Å². The Hall–Kier alpha value is -1.81. The minimum absolute atomic E-state index is 0.407. The van der Waals surface area contributed by atoms with Gasteiger partial charge in [0.05, 0.1) is 6.20 Å². The number of hydrogen-bond acceptors (Lipinski definition) is 6.